The highest BCUT2D eigenvalue weighted by Crippen LogP contribution is 2.44. The van der Waals surface area contributed by atoms with E-state index in [1.165, 1.54) is 12.8 Å². The Kier molecular flexibility index (Phi) is 6.07. The van der Waals surface area contributed by atoms with Crippen LogP contribution in [0.2, 0.25) is 0 Å². The molecule has 9 nitrogen and oxygen atoms in total. The molecular formula is C21H23N5O4. The van der Waals surface area contributed by atoms with Crippen LogP contribution in [0.4, 0.5) is 5.69 Å². The summed E-state index contributed by atoms with van der Waals surface area (Å²) in [4.78, 5) is 12.7. The van der Waals surface area contributed by atoms with Crippen LogP contribution < -0.4 is 19.5 Å². The third-order valence-corrected chi connectivity index (χ3v) is 4.64. The molecular weight excluding hydrogens is 386 g/mol. The number of tetrazole rings is 1. The fraction of sp³-hybridized carbons (Fsp3) is 0.333. The number of para-hydroxylation sites is 1. The number of H-pyrrole nitrogens is 1. The molecule has 1 aromatic heterocycles. The van der Waals surface area contributed by atoms with E-state index in [1.807, 2.05) is 0 Å². The maximum atomic E-state index is 12.7. The predicted molar refractivity (Wildman–Crippen MR) is 109 cm³/mol. The van der Waals surface area contributed by atoms with Crippen molar-refractivity contribution in [2.45, 2.75) is 38.9 Å². The van der Waals surface area contributed by atoms with Crippen molar-refractivity contribution in [3.8, 4) is 17.2 Å². The highest BCUT2D eigenvalue weighted by Gasteiger charge is 2.31. The number of rotatable bonds is 9. The maximum Gasteiger partial charge on any atom is 0.306 e. The van der Waals surface area contributed by atoms with Crippen molar-refractivity contribution in [3.63, 3.8) is 0 Å². The molecule has 30 heavy (non-hydrogen) atoms. The van der Waals surface area contributed by atoms with Gasteiger partial charge in [-0.15, -0.1) is 10.2 Å². The van der Waals surface area contributed by atoms with E-state index in [-0.39, 0.29) is 11.7 Å². The minimum Gasteiger partial charge on any atom is -0.494 e. The van der Waals surface area contributed by atoms with Crippen molar-refractivity contribution in [2.24, 2.45) is 0 Å². The molecule has 1 aliphatic heterocycles. The van der Waals surface area contributed by atoms with Gasteiger partial charge in [-0.2, -0.15) is 5.21 Å². The van der Waals surface area contributed by atoms with E-state index in [0.717, 1.165) is 18.6 Å². The zero-order valence-electron chi connectivity index (χ0n) is 16.6. The van der Waals surface area contributed by atoms with Crippen LogP contribution in [0, 0.1) is 0 Å². The first kappa shape index (κ1) is 19.7. The van der Waals surface area contributed by atoms with Crippen LogP contribution in [-0.2, 0) is 0 Å². The largest absolute Gasteiger partial charge is 0.494 e. The topological polar surface area (TPSA) is 111 Å². The number of aromatic nitrogens is 4. The number of aromatic amines is 1. The number of hydrogen-bond acceptors (Lipinski definition) is 7. The average molecular weight is 409 g/mol. The Morgan fingerprint density at radius 2 is 2.00 bits per heavy atom. The van der Waals surface area contributed by atoms with E-state index in [1.54, 1.807) is 42.5 Å². The number of nitrogens with one attached hydrogen (secondary N) is 2. The maximum absolute atomic E-state index is 12.7. The molecule has 0 radical (unpaired) electrons. The van der Waals surface area contributed by atoms with Gasteiger partial charge in [-0.3, -0.25) is 4.79 Å². The summed E-state index contributed by atoms with van der Waals surface area (Å²) in [5.41, 5.74) is 1.01. The molecule has 9 heteroatoms. The summed E-state index contributed by atoms with van der Waals surface area (Å²) in [5, 5.41) is 16.5. The van der Waals surface area contributed by atoms with Gasteiger partial charge >= 0.3 is 6.29 Å². The van der Waals surface area contributed by atoms with Crippen molar-refractivity contribution in [1.29, 1.82) is 0 Å². The van der Waals surface area contributed by atoms with Gasteiger partial charge in [0, 0.05) is 5.56 Å². The number of benzene rings is 2. The third kappa shape index (κ3) is 4.51. The van der Waals surface area contributed by atoms with Crippen molar-refractivity contribution in [3.05, 3.63) is 53.9 Å². The molecule has 156 valence electrons. The Morgan fingerprint density at radius 1 is 1.13 bits per heavy atom. The van der Waals surface area contributed by atoms with Gasteiger partial charge in [-0.25, -0.2) is 0 Å². The summed E-state index contributed by atoms with van der Waals surface area (Å²) in [6.07, 6.45) is 3.80. The Morgan fingerprint density at radius 3 is 2.77 bits per heavy atom. The Balaban J connectivity index is 1.37. The van der Waals surface area contributed by atoms with Gasteiger partial charge in [-0.05, 0) is 48.0 Å². The number of fused-ring (bicyclic) bond motifs is 1. The number of ether oxygens (including phenoxy) is 3. The number of unbranched alkanes of at least 4 members (excludes halogenated alkanes) is 3. The van der Waals surface area contributed by atoms with Gasteiger partial charge < -0.3 is 19.5 Å². The summed E-state index contributed by atoms with van der Waals surface area (Å²) < 4.78 is 17.2. The van der Waals surface area contributed by atoms with Crippen LogP contribution in [-0.4, -0.2) is 33.1 Å². The smallest absolute Gasteiger partial charge is 0.306 e. The first-order valence-electron chi connectivity index (χ1n) is 9.98. The van der Waals surface area contributed by atoms with Gasteiger partial charge in [0.25, 0.3) is 11.7 Å². The van der Waals surface area contributed by atoms with E-state index in [2.05, 4.69) is 32.9 Å². The molecule has 0 saturated carbocycles. The molecule has 0 fully saturated rings. The van der Waals surface area contributed by atoms with Crippen molar-refractivity contribution in [2.75, 3.05) is 11.9 Å². The lowest BCUT2D eigenvalue weighted by Gasteiger charge is -2.10. The molecule has 1 atom stereocenters. The van der Waals surface area contributed by atoms with Crippen molar-refractivity contribution in [1.82, 2.24) is 20.6 Å². The molecule has 4 rings (SSSR count). The summed E-state index contributed by atoms with van der Waals surface area (Å²) in [7, 11) is 0. The predicted octanol–water partition coefficient (Wildman–Crippen LogP) is 3.88. The van der Waals surface area contributed by atoms with Gasteiger partial charge in [0.15, 0.2) is 11.5 Å². The Labute approximate surface area is 173 Å². The lowest BCUT2D eigenvalue weighted by molar-refractivity contribution is 0.0407. The van der Waals surface area contributed by atoms with Crippen LogP contribution >= 0.6 is 0 Å². The average Bonchev–Trinajstić information content (AvgIpc) is 3.44. The number of anilines is 1. The molecule has 0 bridgehead atoms. The number of hydrogen-bond donors (Lipinski definition) is 2. The fourth-order valence-electron chi connectivity index (χ4n) is 3.07. The number of nitrogens with zero attached hydrogens (tertiary/aromatic N) is 3. The second-order valence-corrected chi connectivity index (χ2v) is 6.86. The van der Waals surface area contributed by atoms with E-state index >= 15 is 0 Å². The standard InChI is InChI=1S/C21H23N5O4/c1-2-3-4-5-13-28-15-11-9-14(10-12-15)20(27)22-16-7-6-8-17-18(16)30-21(29-17)19-23-25-26-24-19/h6-12,21H,2-5,13H2,1H3,(H,22,27)(H,23,24,25,26). The van der Waals surface area contributed by atoms with Crippen LogP contribution in [0.25, 0.3) is 0 Å². The second-order valence-electron chi connectivity index (χ2n) is 6.86. The fourth-order valence-corrected chi connectivity index (χ4v) is 3.07. The lowest BCUT2D eigenvalue weighted by atomic mass is 10.2. The zero-order valence-corrected chi connectivity index (χ0v) is 16.6. The van der Waals surface area contributed by atoms with E-state index in [9.17, 15) is 4.79 Å². The molecule has 1 aliphatic rings. The Hall–Kier alpha value is -3.62. The molecule has 1 unspecified atom stereocenters. The van der Waals surface area contributed by atoms with Gasteiger partial charge in [0.05, 0.1) is 12.3 Å². The number of carbonyl (C=O) groups is 1. The van der Waals surface area contributed by atoms with Crippen LogP contribution in [0.15, 0.2) is 42.5 Å². The van der Waals surface area contributed by atoms with Crippen LogP contribution in [0.5, 0.6) is 17.2 Å². The zero-order chi connectivity index (χ0) is 20.8. The lowest BCUT2D eigenvalue weighted by Crippen LogP contribution is -2.13. The van der Waals surface area contributed by atoms with Crippen molar-refractivity contribution >= 4 is 11.6 Å². The Bertz CT molecular complexity index is 976. The molecule has 0 aliphatic carbocycles. The van der Waals surface area contributed by atoms with E-state index in [4.69, 9.17) is 14.2 Å². The monoisotopic (exact) mass is 409 g/mol. The summed E-state index contributed by atoms with van der Waals surface area (Å²) in [6.45, 7) is 2.86. The minimum absolute atomic E-state index is 0.260. The minimum atomic E-state index is -0.814. The van der Waals surface area contributed by atoms with Crippen molar-refractivity contribution < 1.29 is 19.0 Å². The molecule has 0 saturated heterocycles. The molecule has 2 N–H and O–H groups in total. The number of amides is 1. The normalized spacial score (nSPS) is 14.5. The van der Waals surface area contributed by atoms with Gasteiger partial charge in [0.2, 0.25) is 0 Å². The SMILES string of the molecule is CCCCCCOc1ccc(C(=O)Nc2cccc3c2OC(c2nn[nH]n2)O3)cc1. The number of carbonyl (C=O) groups excluding carboxylic acids is 1. The van der Waals surface area contributed by atoms with Crippen LogP contribution in [0.3, 0.4) is 0 Å². The van der Waals surface area contributed by atoms with Crippen LogP contribution in [0.1, 0.15) is 55.1 Å². The van der Waals surface area contributed by atoms with Gasteiger partial charge in [-0.1, -0.05) is 32.3 Å². The molecule has 2 aromatic carbocycles. The highest BCUT2D eigenvalue weighted by atomic mass is 16.7. The molecule has 1 amide bonds. The molecule has 3 aromatic rings. The third-order valence-electron chi connectivity index (χ3n) is 4.64. The summed E-state index contributed by atoms with van der Waals surface area (Å²) >= 11 is 0. The highest BCUT2D eigenvalue weighted by molar-refractivity contribution is 6.05. The van der Waals surface area contributed by atoms with E-state index in [0.29, 0.717) is 29.4 Å². The quantitative estimate of drug-likeness (QED) is 0.516. The first-order chi connectivity index (χ1) is 14.7. The summed E-state index contributed by atoms with van der Waals surface area (Å²) in [5.74, 6) is 1.68. The van der Waals surface area contributed by atoms with E-state index < -0.39 is 6.29 Å². The molecule has 0 spiro atoms. The second kappa shape index (κ2) is 9.25. The van der Waals surface area contributed by atoms with Gasteiger partial charge in [0.1, 0.15) is 5.75 Å². The molecule has 2 heterocycles. The summed E-state index contributed by atoms with van der Waals surface area (Å²) in [6, 6.07) is 12.3. The first-order valence-corrected chi connectivity index (χ1v) is 9.98.